The summed E-state index contributed by atoms with van der Waals surface area (Å²) in [5.74, 6) is 0. The van der Waals surface area contributed by atoms with Gasteiger partial charge in [0.1, 0.15) is 0 Å². The summed E-state index contributed by atoms with van der Waals surface area (Å²) >= 11 is 12.6. The molecular formula is C12H12BrClN2S2. The minimum absolute atomic E-state index is 0.0372. The third kappa shape index (κ3) is 3.71. The van der Waals surface area contributed by atoms with Crippen molar-refractivity contribution in [3.63, 3.8) is 0 Å². The van der Waals surface area contributed by atoms with Gasteiger partial charge >= 0.3 is 0 Å². The number of rotatable bonds is 4. The molecule has 2 atom stereocenters. The van der Waals surface area contributed by atoms with Crippen molar-refractivity contribution in [3.05, 3.63) is 44.1 Å². The minimum Gasteiger partial charge on any atom is -0.327 e. The molecular weight excluding hydrogens is 352 g/mol. The average Bonchev–Trinajstić information content (AvgIpc) is 2.74. The van der Waals surface area contributed by atoms with Crippen LogP contribution < -0.4 is 5.73 Å². The molecule has 0 aliphatic heterocycles. The maximum Gasteiger partial charge on any atom is 0.0967 e. The second-order valence-electron chi connectivity index (χ2n) is 3.85. The molecule has 2 aromatic rings. The Morgan fingerprint density at radius 2 is 2.17 bits per heavy atom. The fraction of sp³-hybridized carbons (Fsp3) is 0.250. The van der Waals surface area contributed by atoms with Gasteiger partial charge in [-0.3, -0.25) is 0 Å². The first-order chi connectivity index (χ1) is 8.56. The van der Waals surface area contributed by atoms with Gasteiger partial charge in [-0.2, -0.15) is 0 Å². The molecule has 2 unspecified atom stereocenters. The first-order valence-corrected chi connectivity index (χ1v) is 8.22. The number of thiophene rings is 1. The quantitative estimate of drug-likeness (QED) is 0.797. The summed E-state index contributed by atoms with van der Waals surface area (Å²) in [4.78, 5) is 5.55. The average molecular weight is 364 g/mol. The second kappa shape index (κ2) is 6.39. The predicted octanol–water partition coefficient (Wildman–Crippen LogP) is 4.74. The number of hydrogen-bond acceptors (Lipinski definition) is 4. The Labute approximate surface area is 128 Å². The van der Waals surface area contributed by atoms with Crippen LogP contribution in [0.25, 0.3) is 0 Å². The molecule has 6 heteroatoms. The molecule has 18 heavy (non-hydrogen) atoms. The van der Waals surface area contributed by atoms with Crippen LogP contribution in [0.5, 0.6) is 0 Å². The van der Waals surface area contributed by atoms with E-state index in [4.69, 9.17) is 17.3 Å². The van der Waals surface area contributed by atoms with E-state index >= 15 is 0 Å². The fourth-order valence-corrected chi connectivity index (χ4v) is 4.08. The molecule has 2 N–H and O–H groups in total. The molecule has 0 aliphatic carbocycles. The Balaban J connectivity index is 2.19. The number of nitrogens with zero attached hydrogens (tertiary/aromatic N) is 1. The molecule has 0 saturated carbocycles. The van der Waals surface area contributed by atoms with Gasteiger partial charge in [-0.25, -0.2) is 4.98 Å². The van der Waals surface area contributed by atoms with Crippen molar-refractivity contribution in [2.75, 3.05) is 0 Å². The van der Waals surface area contributed by atoms with Gasteiger partial charge in [-0.1, -0.05) is 23.4 Å². The first-order valence-electron chi connectivity index (χ1n) is 5.35. The number of nitrogens with two attached hydrogens (primary N) is 1. The third-order valence-electron chi connectivity index (χ3n) is 2.30. The van der Waals surface area contributed by atoms with E-state index in [0.29, 0.717) is 0 Å². The highest BCUT2D eigenvalue weighted by Gasteiger charge is 2.20. The summed E-state index contributed by atoms with van der Waals surface area (Å²) in [6.45, 7) is 2.00. The van der Waals surface area contributed by atoms with Gasteiger partial charge in [0.2, 0.25) is 0 Å². The third-order valence-corrected chi connectivity index (χ3v) is 5.65. The van der Waals surface area contributed by atoms with E-state index in [-0.39, 0.29) is 11.3 Å². The van der Waals surface area contributed by atoms with Crippen molar-refractivity contribution in [2.45, 2.75) is 23.2 Å². The van der Waals surface area contributed by atoms with Gasteiger partial charge in [-0.15, -0.1) is 11.3 Å². The van der Waals surface area contributed by atoms with Gasteiger partial charge in [0.15, 0.2) is 0 Å². The van der Waals surface area contributed by atoms with Gasteiger partial charge in [0.25, 0.3) is 0 Å². The lowest BCUT2D eigenvalue weighted by molar-refractivity contribution is 0.728. The maximum absolute atomic E-state index is 6.06. The zero-order valence-electron chi connectivity index (χ0n) is 9.64. The molecule has 0 bridgehead atoms. The van der Waals surface area contributed by atoms with Crippen molar-refractivity contribution in [2.24, 2.45) is 5.73 Å². The van der Waals surface area contributed by atoms with Gasteiger partial charge in [0.05, 0.1) is 14.6 Å². The molecule has 2 rings (SSSR count). The van der Waals surface area contributed by atoms with Crippen LogP contribution in [-0.4, -0.2) is 11.0 Å². The first kappa shape index (κ1) is 14.3. The molecule has 0 amide bonds. The normalized spacial score (nSPS) is 14.4. The molecule has 0 spiro atoms. The molecule has 2 nitrogen and oxygen atoms in total. The largest absolute Gasteiger partial charge is 0.327 e. The van der Waals surface area contributed by atoms with Crippen LogP contribution in [0.15, 0.2) is 40.0 Å². The Kier molecular flexibility index (Phi) is 5.09. The van der Waals surface area contributed by atoms with Crippen molar-refractivity contribution in [3.8, 4) is 0 Å². The molecule has 96 valence electrons. The van der Waals surface area contributed by atoms with E-state index < -0.39 is 0 Å². The maximum atomic E-state index is 6.06. The van der Waals surface area contributed by atoms with Gasteiger partial charge in [-0.05, 0) is 47.1 Å². The summed E-state index contributed by atoms with van der Waals surface area (Å²) in [7, 11) is 0. The highest BCUT2D eigenvalue weighted by Crippen LogP contribution is 2.40. The van der Waals surface area contributed by atoms with E-state index in [1.165, 1.54) is 4.88 Å². The second-order valence-corrected chi connectivity index (χ2v) is 7.68. The standard InChI is InChI=1S/C12H12BrClN2S2/c1-7(15)12(9-3-4-10(14)17-9)18-11-5-2-8(13)6-16-11/h2-7,12H,15H2,1H3. The smallest absolute Gasteiger partial charge is 0.0967 e. The molecule has 0 aliphatic rings. The lowest BCUT2D eigenvalue weighted by atomic mass is 10.2. The summed E-state index contributed by atoms with van der Waals surface area (Å²) in [6.07, 6.45) is 1.79. The number of hydrogen-bond donors (Lipinski definition) is 1. The fourth-order valence-electron chi connectivity index (χ4n) is 1.47. The summed E-state index contributed by atoms with van der Waals surface area (Å²) < 4.78 is 1.77. The topological polar surface area (TPSA) is 38.9 Å². The molecule has 2 heterocycles. The monoisotopic (exact) mass is 362 g/mol. The molecule has 2 aromatic heterocycles. The van der Waals surface area contributed by atoms with Crippen molar-refractivity contribution >= 4 is 50.6 Å². The zero-order valence-corrected chi connectivity index (χ0v) is 13.6. The molecule has 0 fully saturated rings. The number of aromatic nitrogens is 1. The summed E-state index contributed by atoms with van der Waals surface area (Å²) in [6, 6.07) is 7.95. The molecule has 0 aromatic carbocycles. The highest BCUT2D eigenvalue weighted by atomic mass is 79.9. The Morgan fingerprint density at radius 1 is 1.39 bits per heavy atom. The van der Waals surface area contributed by atoms with Crippen LogP contribution in [0.2, 0.25) is 4.34 Å². The van der Waals surface area contributed by atoms with Crippen LogP contribution in [0, 0.1) is 0 Å². The van der Waals surface area contributed by atoms with E-state index in [9.17, 15) is 0 Å². The van der Waals surface area contributed by atoms with E-state index in [1.807, 2.05) is 31.2 Å². The van der Waals surface area contributed by atoms with Crippen LogP contribution in [0.3, 0.4) is 0 Å². The van der Waals surface area contributed by atoms with Crippen molar-refractivity contribution in [1.82, 2.24) is 4.98 Å². The van der Waals surface area contributed by atoms with E-state index in [1.54, 1.807) is 29.3 Å². The van der Waals surface area contributed by atoms with Crippen LogP contribution in [0.4, 0.5) is 0 Å². The number of pyridine rings is 1. The van der Waals surface area contributed by atoms with Gasteiger partial charge < -0.3 is 5.73 Å². The van der Waals surface area contributed by atoms with Crippen molar-refractivity contribution < 1.29 is 0 Å². The van der Waals surface area contributed by atoms with Crippen LogP contribution in [-0.2, 0) is 0 Å². The lowest BCUT2D eigenvalue weighted by Gasteiger charge is -2.18. The predicted molar refractivity (Wildman–Crippen MR) is 83.5 cm³/mol. The van der Waals surface area contributed by atoms with E-state index in [0.717, 1.165) is 13.8 Å². The SMILES string of the molecule is CC(N)C(Sc1ccc(Br)cn1)c1ccc(Cl)s1. The van der Waals surface area contributed by atoms with Gasteiger partial charge in [0, 0.05) is 21.6 Å². The van der Waals surface area contributed by atoms with Crippen LogP contribution >= 0.6 is 50.6 Å². The van der Waals surface area contributed by atoms with E-state index in [2.05, 4.69) is 20.9 Å². The zero-order chi connectivity index (χ0) is 13.1. The molecule has 0 radical (unpaired) electrons. The Hall–Kier alpha value is -0.0700. The van der Waals surface area contributed by atoms with Crippen LogP contribution in [0.1, 0.15) is 17.1 Å². The number of halogens is 2. The van der Waals surface area contributed by atoms with Crippen molar-refractivity contribution in [1.29, 1.82) is 0 Å². The lowest BCUT2D eigenvalue weighted by Crippen LogP contribution is -2.21. The number of thioether (sulfide) groups is 1. The summed E-state index contributed by atoms with van der Waals surface area (Å²) in [5, 5.41) is 1.14. The minimum atomic E-state index is 0.0372. The Morgan fingerprint density at radius 3 is 2.67 bits per heavy atom. The summed E-state index contributed by atoms with van der Waals surface area (Å²) in [5.41, 5.74) is 6.06. The highest BCUT2D eigenvalue weighted by molar-refractivity contribution is 9.10. The Bertz CT molecular complexity index is 513. The molecule has 0 saturated heterocycles.